The van der Waals surface area contributed by atoms with Crippen molar-refractivity contribution >= 4 is 28.8 Å². The van der Waals surface area contributed by atoms with Gasteiger partial charge in [0.25, 0.3) is 0 Å². The van der Waals surface area contributed by atoms with Gasteiger partial charge in [0, 0.05) is 40.4 Å². The number of aliphatic hydroxyl groups excluding tert-OH is 4. The average molecular weight is 760 g/mol. The zero-order valence-electron chi connectivity index (χ0n) is 32.3. The standard InChI is InChI=1S/C42H49NO12/c1-10-13-15-18-22(44)25-28-24(21(17-12-3)37(5,34(25)49)36(51)39(28,7)52)30(47)27-32(43)41(9,53)42(54)38(6,35(27)50)31-26(23(45)19-16-14-11-2)29(46)20(4)33(48)40(31,8)55-42/h10-19,21,24,28,31,43-46,50,52-54H,1-9H3/b13-10+,14-11+,17-12+,18-15+,19-16+,25-22?,26-23-,43-32?/t21-,24-,28+,31-,37-,38-,39?,40+,41+,42-/m1/s1. The van der Waals surface area contributed by atoms with Crippen molar-refractivity contribution in [1.29, 1.82) is 5.41 Å². The normalized spacial score (nSPS) is 42.6. The largest absolute Gasteiger partial charge is 0.511 e. The van der Waals surface area contributed by atoms with Gasteiger partial charge in [-0.05, 0) is 74.5 Å². The van der Waals surface area contributed by atoms with Crippen molar-refractivity contribution in [3.8, 4) is 0 Å². The van der Waals surface area contributed by atoms with Gasteiger partial charge in [0.2, 0.25) is 5.79 Å². The zero-order valence-corrected chi connectivity index (χ0v) is 32.3. The fraction of sp³-hybridized carbons (Fsp3) is 0.452. The number of Topliss-reactive ketones (excluding diaryl/α,β-unsaturated/α-hetero) is 4. The summed E-state index contributed by atoms with van der Waals surface area (Å²) in [6.07, 6.45) is 14.5. The number of carbonyl (C=O) groups is 4. The topological polar surface area (TPSA) is 243 Å². The molecule has 5 aliphatic carbocycles. The summed E-state index contributed by atoms with van der Waals surface area (Å²) in [6, 6.07) is 0. The van der Waals surface area contributed by atoms with Gasteiger partial charge in [-0.3, -0.25) is 19.2 Å². The first-order chi connectivity index (χ1) is 25.4. The van der Waals surface area contributed by atoms with Crippen LogP contribution in [0, 0.1) is 39.9 Å². The fourth-order valence-corrected chi connectivity index (χ4v) is 9.82. The Morgan fingerprint density at radius 3 is 1.84 bits per heavy atom. The van der Waals surface area contributed by atoms with E-state index >= 15 is 4.79 Å². The van der Waals surface area contributed by atoms with Crippen LogP contribution in [0.15, 0.2) is 106 Å². The molecule has 55 heavy (non-hydrogen) atoms. The van der Waals surface area contributed by atoms with Crippen LogP contribution >= 0.6 is 0 Å². The molecule has 0 aromatic rings. The smallest absolute Gasteiger partial charge is 0.215 e. The van der Waals surface area contributed by atoms with Gasteiger partial charge in [-0.2, -0.15) is 0 Å². The van der Waals surface area contributed by atoms with E-state index in [2.05, 4.69) is 0 Å². The number of carbonyl (C=O) groups excluding carboxylic acids is 4. The minimum Gasteiger partial charge on any atom is -0.511 e. The van der Waals surface area contributed by atoms with Crippen LogP contribution in [0.3, 0.4) is 0 Å². The maximum Gasteiger partial charge on any atom is 0.215 e. The first-order valence-electron chi connectivity index (χ1n) is 18.0. The number of ketones is 4. The van der Waals surface area contributed by atoms with Gasteiger partial charge in [0.05, 0.1) is 22.1 Å². The Morgan fingerprint density at radius 1 is 0.800 bits per heavy atom. The highest BCUT2D eigenvalue weighted by atomic mass is 16.7. The minimum absolute atomic E-state index is 0.278. The van der Waals surface area contributed by atoms with E-state index in [1.54, 1.807) is 45.1 Å². The molecular formula is C42H49NO12. The molecule has 1 heterocycles. The zero-order chi connectivity index (χ0) is 41.6. The summed E-state index contributed by atoms with van der Waals surface area (Å²) in [5, 5.41) is 92.6. The Hall–Kier alpha value is -4.95. The summed E-state index contributed by atoms with van der Waals surface area (Å²) in [6.45, 7) is 11.9. The molecule has 1 aliphatic heterocycles. The molecule has 0 spiro atoms. The number of ether oxygens (including phenoxy) is 1. The molecule has 13 heteroatoms. The van der Waals surface area contributed by atoms with E-state index in [1.807, 2.05) is 0 Å². The average Bonchev–Trinajstić information content (AvgIpc) is 3.32. The Kier molecular flexibility index (Phi) is 9.80. The highest BCUT2D eigenvalue weighted by Gasteiger charge is 2.82. The van der Waals surface area contributed by atoms with Crippen molar-refractivity contribution < 1.29 is 59.7 Å². The number of rotatable bonds is 7. The van der Waals surface area contributed by atoms with Gasteiger partial charge in [-0.25, -0.2) is 0 Å². The van der Waals surface area contributed by atoms with Gasteiger partial charge in [-0.1, -0.05) is 48.6 Å². The Bertz CT molecular complexity index is 2100. The summed E-state index contributed by atoms with van der Waals surface area (Å²) in [5.41, 5.74) is -15.3. The van der Waals surface area contributed by atoms with Gasteiger partial charge in [-0.15, -0.1) is 0 Å². The lowest BCUT2D eigenvalue weighted by atomic mass is 9.42. The molecule has 4 fully saturated rings. The van der Waals surface area contributed by atoms with Gasteiger partial charge < -0.3 is 45.9 Å². The Morgan fingerprint density at radius 2 is 1.33 bits per heavy atom. The summed E-state index contributed by atoms with van der Waals surface area (Å²) in [7, 11) is 0. The van der Waals surface area contributed by atoms with Gasteiger partial charge >= 0.3 is 0 Å². The summed E-state index contributed by atoms with van der Waals surface area (Å²) >= 11 is 0. The molecule has 294 valence electrons. The lowest BCUT2D eigenvalue weighted by Gasteiger charge is -2.58. The Balaban J connectivity index is 1.89. The number of hydrogen-bond acceptors (Lipinski definition) is 13. The quantitative estimate of drug-likeness (QED) is 0.0568. The molecule has 2 bridgehead atoms. The molecule has 6 rings (SSSR count). The van der Waals surface area contributed by atoms with E-state index in [9.17, 15) is 55.5 Å². The highest BCUT2D eigenvalue weighted by Crippen LogP contribution is 2.69. The van der Waals surface area contributed by atoms with Crippen molar-refractivity contribution in [1.82, 2.24) is 0 Å². The lowest BCUT2D eigenvalue weighted by molar-refractivity contribution is -0.308. The van der Waals surface area contributed by atoms with Crippen LogP contribution in [0.2, 0.25) is 0 Å². The maximum absolute atomic E-state index is 15.4. The van der Waals surface area contributed by atoms with Crippen LogP contribution in [0.1, 0.15) is 62.3 Å². The van der Waals surface area contributed by atoms with Crippen molar-refractivity contribution in [3.63, 3.8) is 0 Å². The molecule has 6 aliphatic rings. The predicted molar refractivity (Wildman–Crippen MR) is 201 cm³/mol. The number of fused-ring (bicyclic) bond motifs is 6. The van der Waals surface area contributed by atoms with E-state index in [1.165, 1.54) is 57.2 Å². The molecule has 13 nitrogen and oxygen atoms in total. The summed E-state index contributed by atoms with van der Waals surface area (Å²) in [5.74, 6) is -16.4. The third-order valence-electron chi connectivity index (χ3n) is 12.6. The lowest BCUT2D eigenvalue weighted by Crippen LogP contribution is -2.73. The summed E-state index contributed by atoms with van der Waals surface area (Å²) in [4.78, 5) is 57.6. The van der Waals surface area contributed by atoms with Gasteiger partial charge in [0.15, 0.2) is 28.7 Å². The third-order valence-corrected chi connectivity index (χ3v) is 12.6. The van der Waals surface area contributed by atoms with Crippen molar-refractivity contribution in [3.05, 3.63) is 106 Å². The Labute approximate surface area is 318 Å². The molecule has 3 saturated carbocycles. The molecule has 0 aromatic heterocycles. The summed E-state index contributed by atoms with van der Waals surface area (Å²) < 4.78 is 6.08. The molecule has 0 radical (unpaired) electrons. The van der Waals surface area contributed by atoms with Crippen molar-refractivity contribution in [2.75, 3.05) is 0 Å². The van der Waals surface area contributed by atoms with E-state index < -0.39 is 120 Å². The van der Waals surface area contributed by atoms with Crippen LogP contribution in [0.4, 0.5) is 0 Å². The van der Waals surface area contributed by atoms with E-state index in [4.69, 9.17) is 4.74 Å². The second-order valence-electron chi connectivity index (χ2n) is 15.8. The molecule has 10 atom stereocenters. The van der Waals surface area contributed by atoms with E-state index in [-0.39, 0.29) is 11.1 Å². The van der Waals surface area contributed by atoms with Crippen molar-refractivity contribution in [2.45, 2.75) is 84.9 Å². The monoisotopic (exact) mass is 759 g/mol. The number of aliphatic hydroxyl groups is 7. The van der Waals surface area contributed by atoms with Crippen LogP contribution in [-0.4, -0.2) is 87.2 Å². The fourth-order valence-electron chi connectivity index (χ4n) is 9.82. The number of nitrogens with one attached hydrogen (secondary N) is 1. The number of allylic oxidation sites excluding steroid dienone is 11. The maximum atomic E-state index is 15.4. The van der Waals surface area contributed by atoms with Crippen LogP contribution in [-0.2, 0) is 23.9 Å². The predicted octanol–water partition coefficient (Wildman–Crippen LogP) is 4.90. The first kappa shape index (κ1) is 41.2. The van der Waals surface area contributed by atoms with Crippen LogP contribution in [0.25, 0.3) is 0 Å². The van der Waals surface area contributed by atoms with Gasteiger partial charge in [0.1, 0.15) is 34.2 Å². The third kappa shape index (κ3) is 4.95. The first-order valence-corrected chi connectivity index (χ1v) is 18.0. The molecule has 8 N–H and O–H groups in total. The molecule has 0 aromatic carbocycles. The van der Waals surface area contributed by atoms with Crippen LogP contribution < -0.4 is 0 Å². The SMILES string of the molecule is C/C=C/C=C/C(O)=C1C(=O)[C@]2(C)C(=O)C(C)(O)[C@H]1[C@H](C(=O)C1=C(O)[C@@]3(C)[C@H]4/C(=C(O)/C=C/C=C/C)C(O)=C(C)C(=O)[C@@]4(C)O[C@@]3(O)[C@@](C)(O)C1=N)[C@H]2/C=C/C. The second-order valence-corrected chi connectivity index (χ2v) is 15.8. The van der Waals surface area contributed by atoms with Crippen molar-refractivity contribution in [2.24, 2.45) is 34.5 Å². The minimum atomic E-state index is -3.08. The van der Waals surface area contributed by atoms with Crippen LogP contribution in [0.5, 0.6) is 0 Å². The molecular weight excluding hydrogens is 710 g/mol. The second kappa shape index (κ2) is 13.1. The molecule has 1 saturated heterocycles. The van der Waals surface area contributed by atoms with E-state index in [0.717, 1.165) is 20.8 Å². The highest BCUT2D eigenvalue weighted by molar-refractivity contribution is 6.29. The molecule has 1 unspecified atom stereocenters. The molecule has 0 amide bonds. The van der Waals surface area contributed by atoms with E-state index in [0.29, 0.717) is 0 Å². The number of hydrogen-bond donors (Lipinski definition) is 8.